The van der Waals surface area contributed by atoms with E-state index in [2.05, 4.69) is 5.32 Å². The molecule has 0 saturated carbocycles. The first kappa shape index (κ1) is 16.6. The number of halogens is 1. The van der Waals surface area contributed by atoms with Crippen molar-refractivity contribution in [2.24, 2.45) is 0 Å². The molecule has 3 N–H and O–H groups in total. The molecule has 112 valence electrons. The van der Waals surface area contributed by atoms with Crippen molar-refractivity contribution < 1.29 is 21.8 Å². The normalized spacial score (nSPS) is 12.9. The number of sulfone groups is 1. The van der Waals surface area contributed by atoms with Gasteiger partial charge in [0.1, 0.15) is 21.4 Å². The molecule has 9 heteroatoms. The van der Waals surface area contributed by atoms with E-state index >= 15 is 0 Å². The third-order valence-electron chi connectivity index (χ3n) is 2.26. The number of carbonyl (C=O) groups is 1. The van der Waals surface area contributed by atoms with Gasteiger partial charge in [-0.15, -0.1) is 0 Å². The van der Waals surface area contributed by atoms with Crippen LogP contribution in [-0.4, -0.2) is 42.0 Å². The van der Waals surface area contributed by atoms with Crippen LogP contribution >= 0.6 is 0 Å². The van der Waals surface area contributed by atoms with Crippen LogP contribution in [0.2, 0.25) is 0 Å². The number of anilines is 2. The zero-order chi connectivity index (χ0) is 15.3. The molecular weight excluding hydrogens is 307 g/mol. The molecule has 1 aromatic rings. The van der Waals surface area contributed by atoms with Crippen molar-refractivity contribution in [3.63, 3.8) is 0 Å². The van der Waals surface area contributed by atoms with Gasteiger partial charge in [-0.25, -0.2) is 12.8 Å². The Labute approximate surface area is 118 Å². The van der Waals surface area contributed by atoms with Gasteiger partial charge in [0.05, 0.1) is 17.1 Å². The maximum atomic E-state index is 13.0. The first-order valence-corrected chi connectivity index (χ1v) is 9.10. The molecule has 0 spiro atoms. The Morgan fingerprint density at radius 3 is 2.70 bits per heavy atom. The van der Waals surface area contributed by atoms with Gasteiger partial charge in [0, 0.05) is 22.8 Å². The first-order valence-electron chi connectivity index (χ1n) is 5.55. The third-order valence-corrected chi connectivity index (χ3v) is 4.71. The topological polar surface area (TPSA) is 106 Å². The first-order chi connectivity index (χ1) is 9.17. The van der Waals surface area contributed by atoms with Crippen molar-refractivity contribution >= 4 is 37.9 Å². The second-order valence-corrected chi connectivity index (χ2v) is 8.03. The van der Waals surface area contributed by atoms with E-state index in [1.807, 2.05) is 0 Å². The lowest BCUT2D eigenvalue weighted by atomic mass is 10.2. The van der Waals surface area contributed by atoms with Crippen molar-refractivity contribution in [2.75, 3.05) is 34.6 Å². The van der Waals surface area contributed by atoms with E-state index in [0.29, 0.717) is 0 Å². The van der Waals surface area contributed by atoms with Crippen molar-refractivity contribution in [2.45, 2.75) is 0 Å². The number of hydrogen-bond acceptors (Lipinski definition) is 5. The molecule has 0 aliphatic heterocycles. The monoisotopic (exact) mass is 322 g/mol. The molecule has 20 heavy (non-hydrogen) atoms. The smallest absolute Gasteiger partial charge is 0.237 e. The summed E-state index contributed by atoms with van der Waals surface area (Å²) in [6.45, 7) is 0. The standard InChI is InChI=1S/C11H15FN2O4S2/c1-20(17,18)5-4-19(16)7-11(15)14-10-6-8(12)2-3-9(10)13/h2-3,6H,4-5,7,13H2,1H3,(H,14,15). The molecule has 1 rings (SSSR count). The van der Waals surface area contributed by atoms with Gasteiger partial charge in [0.15, 0.2) is 0 Å². The number of amides is 1. The second-order valence-electron chi connectivity index (χ2n) is 4.20. The number of nitrogens with two attached hydrogens (primary N) is 1. The molecule has 0 aliphatic carbocycles. The van der Waals surface area contributed by atoms with Crippen LogP contribution in [0.4, 0.5) is 15.8 Å². The van der Waals surface area contributed by atoms with E-state index in [1.165, 1.54) is 6.07 Å². The highest BCUT2D eigenvalue weighted by Crippen LogP contribution is 2.18. The fourth-order valence-electron chi connectivity index (χ4n) is 1.29. The molecule has 6 nitrogen and oxygen atoms in total. The van der Waals surface area contributed by atoms with E-state index in [-0.39, 0.29) is 28.6 Å². The predicted octanol–water partition coefficient (Wildman–Crippen LogP) is 0.140. The Bertz CT molecular complexity index is 631. The van der Waals surface area contributed by atoms with Crippen molar-refractivity contribution in [1.29, 1.82) is 0 Å². The molecule has 1 atom stereocenters. The van der Waals surface area contributed by atoms with E-state index < -0.39 is 32.4 Å². The third kappa shape index (κ3) is 6.11. The summed E-state index contributed by atoms with van der Waals surface area (Å²) in [6.07, 6.45) is 1.03. The minimum atomic E-state index is -3.22. The SMILES string of the molecule is CS(=O)(=O)CCS(=O)CC(=O)Nc1cc(F)ccc1N. The average Bonchev–Trinajstić information content (AvgIpc) is 2.30. The number of nitrogens with one attached hydrogen (secondary N) is 1. The Morgan fingerprint density at radius 1 is 1.45 bits per heavy atom. The summed E-state index contributed by atoms with van der Waals surface area (Å²) in [6, 6.07) is 3.49. The van der Waals surface area contributed by atoms with E-state index in [0.717, 1.165) is 18.4 Å². The molecule has 1 unspecified atom stereocenters. The number of carbonyl (C=O) groups excluding carboxylic acids is 1. The van der Waals surface area contributed by atoms with Crippen LogP contribution < -0.4 is 11.1 Å². The summed E-state index contributed by atoms with van der Waals surface area (Å²) in [5.41, 5.74) is 5.82. The summed E-state index contributed by atoms with van der Waals surface area (Å²) in [4.78, 5) is 11.6. The molecule has 1 aromatic carbocycles. The molecular formula is C11H15FN2O4S2. The van der Waals surface area contributed by atoms with Gasteiger partial charge in [0.2, 0.25) is 5.91 Å². The number of benzene rings is 1. The van der Waals surface area contributed by atoms with Crippen LogP contribution in [0.5, 0.6) is 0 Å². The largest absolute Gasteiger partial charge is 0.397 e. The van der Waals surface area contributed by atoms with Gasteiger partial charge < -0.3 is 11.1 Å². The van der Waals surface area contributed by atoms with Crippen LogP contribution in [-0.2, 0) is 25.4 Å². The summed E-state index contributed by atoms with van der Waals surface area (Å²) in [7, 11) is -4.83. The maximum Gasteiger partial charge on any atom is 0.237 e. The van der Waals surface area contributed by atoms with Crippen molar-refractivity contribution in [3.05, 3.63) is 24.0 Å². The lowest BCUT2D eigenvalue weighted by molar-refractivity contribution is -0.113. The molecule has 0 aromatic heterocycles. The molecule has 0 heterocycles. The fourth-order valence-corrected chi connectivity index (χ4v) is 3.75. The van der Waals surface area contributed by atoms with Crippen LogP contribution in [0.3, 0.4) is 0 Å². The van der Waals surface area contributed by atoms with Gasteiger partial charge in [-0.3, -0.25) is 9.00 Å². The molecule has 1 amide bonds. The lowest BCUT2D eigenvalue weighted by Gasteiger charge is -2.08. The van der Waals surface area contributed by atoms with Crippen molar-refractivity contribution in [3.8, 4) is 0 Å². The van der Waals surface area contributed by atoms with Gasteiger partial charge in [-0.1, -0.05) is 0 Å². The van der Waals surface area contributed by atoms with Gasteiger partial charge >= 0.3 is 0 Å². The molecule has 0 bridgehead atoms. The zero-order valence-corrected chi connectivity index (χ0v) is 12.4. The molecule has 0 radical (unpaired) electrons. The summed E-state index contributed by atoms with van der Waals surface area (Å²) in [5, 5.41) is 2.33. The molecule has 0 saturated heterocycles. The van der Waals surface area contributed by atoms with Crippen LogP contribution in [0.25, 0.3) is 0 Å². The van der Waals surface area contributed by atoms with Gasteiger partial charge in [0.25, 0.3) is 0 Å². The predicted molar refractivity (Wildman–Crippen MR) is 77.0 cm³/mol. The highest BCUT2D eigenvalue weighted by molar-refractivity contribution is 7.92. The fraction of sp³-hybridized carbons (Fsp3) is 0.364. The number of rotatable bonds is 6. The van der Waals surface area contributed by atoms with E-state index in [1.54, 1.807) is 0 Å². The van der Waals surface area contributed by atoms with Gasteiger partial charge in [-0.05, 0) is 18.2 Å². The summed E-state index contributed by atoms with van der Waals surface area (Å²) < 4.78 is 46.3. The maximum absolute atomic E-state index is 13.0. The highest BCUT2D eigenvalue weighted by Gasteiger charge is 2.12. The van der Waals surface area contributed by atoms with Crippen LogP contribution in [0.1, 0.15) is 0 Å². The Balaban J connectivity index is 2.55. The Kier molecular flexibility index (Phi) is 5.63. The van der Waals surface area contributed by atoms with Crippen LogP contribution in [0.15, 0.2) is 18.2 Å². The zero-order valence-electron chi connectivity index (χ0n) is 10.8. The lowest BCUT2D eigenvalue weighted by Crippen LogP contribution is -2.23. The average molecular weight is 322 g/mol. The summed E-state index contributed by atoms with van der Waals surface area (Å²) >= 11 is 0. The molecule has 0 aliphatic rings. The minimum absolute atomic E-state index is 0.0927. The number of hydrogen-bond donors (Lipinski definition) is 2. The van der Waals surface area contributed by atoms with E-state index in [9.17, 15) is 21.8 Å². The van der Waals surface area contributed by atoms with E-state index in [4.69, 9.17) is 5.73 Å². The minimum Gasteiger partial charge on any atom is -0.397 e. The summed E-state index contributed by atoms with van der Waals surface area (Å²) in [5.74, 6) is -1.92. The highest BCUT2D eigenvalue weighted by atomic mass is 32.2. The Morgan fingerprint density at radius 2 is 2.10 bits per heavy atom. The van der Waals surface area contributed by atoms with Crippen molar-refractivity contribution in [1.82, 2.24) is 0 Å². The Hall–Kier alpha value is -1.48. The molecule has 0 fully saturated rings. The number of nitrogen functional groups attached to an aromatic ring is 1. The van der Waals surface area contributed by atoms with Crippen LogP contribution in [0, 0.1) is 5.82 Å². The van der Waals surface area contributed by atoms with Gasteiger partial charge in [-0.2, -0.15) is 0 Å². The quantitative estimate of drug-likeness (QED) is 0.725. The second kappa shape index (κ2) is 6.80.